The van der Waals surface area contributed by atoms with Crippen LogP contribution < -0.4 is 5.32 Å². The molecule has 0 aliphatic heterocycles. The Hall–Kier alpha value is -5.47. The van der Waals surface area contributed by atoms with Gasteiger partial charge in [-0.05, 0) is 175 Å². The molecule has 0 fully saturated rings. The molecule has 2 aromatic heterocycles. The molecule has 6 aromatic rings. The van der Waals surface area contributed by atoms with Crippen molar-refractivity contribution in [3.05, 3.63) is 129 Å². The van der Waals surface area contributed by atoms with Gasteiger partial charge in [-0.1, -0.05) is 126 Å². The highest BCUT2D eigenvalue weighted by Gasteiger charge is 2.37. The average Bonchev–Trinajstić information content (AvgIpc) is 3.84. The van der Waals surface area contributed by atoms with Crippen molar-refractivity contribution < 1.29 is 21.9 Å². The molecule has 0 spiro atoms. The van der Waals surface area contributed by atoms with Crippen molar-refractivity contribution in [2.45, 2.75) is 146 Å². The molecule has 6 rings (SSSR count). The van der Waals surface area contributed by atoms with Crippen molar-refractivity contribution in [1.82, 2.24) is 29.8 Å². The SMILES string of the molecule is C.CC#N.CCc1nn(C)c2cc(CCBr)ccc12.CCc1nn(C)c2cc(CCN(C)CCCC(C#N)(c3ccc(C)c(C)c3)C(C)C)ccc12.CNCCCC(C#N)(c1ccc(C)c(C)c1)C(C)C.O.O.O.O. The lowest BCUT2D eigenvalue weighted by Crippen LogP contribution is -2.32. The molecule has 0 saturated heterocycles. The number of aromatic nitrogens is 4. The lowest BCUT2D eigenvalue weighted by molar-refractivity contribution is 0.294. The number of nitrogens with zero attached hydrogens (tertiary/aromatic N) is 8. The molecular weight excluding hydrogens is 1000 g/mol. The van der Waals surface area contributed by atoms with Gasteiger partial charge in [-0.15, -0.1) is 0 Å². The predicted octanol–water partition coefficient (Wildman–Crippen LogP) is 10.8. The Labute approximate surface area is 460 Å². The van der Waals surface area contributed by atoms with Crippen molar-refractivity contribution in [3.63, 3.8) is 0 Å². The number of likely N-dealkylation sites (N-methyl/N-ethyl adjacent to an activating group) is 1. The Morgan fingerprint density at radius 2 is 1.03 bits per heavy atom. The van der Waals surface area contributed by atoms with E-state index in [0.29, 0.717) is 5.92 Å². The molecule has 4 aromatic carbocycles. The van der Waals surface area contributed by atoms with Gasteiger partial charge in [0.1, 0.15) is 0 Å². The zero-order valence-electron chi connectivity index (χ0n) is 47.5. The molecule has 416 valence electrons. The average molecular weight is 1100 g/mol. The number of benzene rings is 4. The van der Waals surface area contributed by atoms with Crippen molar-refractivity contribution in [1.29, 1.82) is 15.8 Å². The van der Waals surface area contributed by atoms with Crippen molar-refractivity contribution in [3.8, 4) is 18.2 Å². The maximum absolute atomic E-state index is 10.2. The van der Waals surface area contributed by atoms with Gasteiger partial charge in [-0.3, -0.25) is 9.36 Å². The van der Waals surface area contributed by atoms with Crippen LogP contribution in [0.1, 0.15) is 137 Å². The summed E-state index contributed by atoms with van der Waals surface area (Å²) in [4.78, 5) is 2.40. The fourth-order valence-electron chi connectivity index (χ4n) is 9.37. The fourth-order valence-corrected chi connectivity index (χ4v) is 9.83. The summed E-state index contributed by atoms with van der Waals surface area (Å²) < 4.78 is 3.98. The van der Waals surface area contributed by atoms with Gasteiger partial charge in [0.25, 0.3) is 0 Å². The van der Waals surface area contributed by atoms with Crippen molar-refractivity contribution in [2.24, 2.45) is 25.9 Å². The normalized spacial score (nSPS) is 11.9. The largest absolute Gasteiger partial charge is 0.412 e. The minimum Gasteiger partial charge on any atom is -0.412 e. The molecule has 75 heavy (non-hydrogen) atoms. The van der Waals surface area contributed by atoms with E-state index in [9.17, 15) is 10.5 Å². The van der Waals surface area contributed by atoms with Crippen molar-refractivity contribution in [2.75, 3.05) is 39.1 Å². The lowest BCUT2D eigenvalue weighted by atomic mass is 9.69. The lowest BCUT2D eigenvalue weighted by Gasteiger charge is -2.32. The molecule has 13 nitrogen and oxygen atoms in total. The molecule has 0 bridgehead atoms. The van der Waals surface area contributed by atoms with Crippen LogP contribution in [0.2, 0.25) is 0 Å². The Kier molecular flexibility index (Phi) is 35.1. The number of fused-ring (bicyclic) bond motifs is 2. The van der Waals surface area contributed by atoms with Crippen LogP contribution in [-0.4, -0.2) is 85.4 Å². The van der Waals surface area contributed by atoms with Crippen molar-refractivity contribution >= 4 is 37.7 Å². The number of nitrogens with one attached hydrogen (secondary N) is 1. The number of nitriles is 3. The van der Waals surface area contributed by atoms with Gasteiger partial charge in [-0.2, -0.15) is 26.0 Å². The zero-order chi connectivity index (χ0) is 52.2. The summed E-state index contributed by atoms with van der Waals surface area (Å²) in [5.74, 6) is 0.588. The predicted molar refractivity (Wildman–Crippen MR) is 320 cm³/mol. The summed E-state index contributed by atoms with van der Waals surface area (Å²) in [5, 5.41) is 43.2. The summed E-state index contributed by atoms with van der Waals surface area (Å²) in [6.45, 7) is 25.9. The topological polar surface area (TPSA) is 248 Å². The molecule has 2 heterocycles. The maximum Gasteiger partial charge on any atom is 0.0845 e. The maximum atomic E-state index is 10.2. The Bertz CT molecular complexity index is 2730. The minimum absolute atomic E-state index is 0. The molecule has 0 radical (unpaired) electrons. The number of hydrogen-bond acceptors (Lipinski definition) is 7. The van der Waals surface area contributed by atoms with E-state index in [1.54, 1.807) is 6.07 Å². The molecule has 14 heteroatoms. The Morgan fingerprint density at radius 3 is 1.37 bits per heavy atom. The van der Waals surface area contributed by atoms with Gasteiger partial charge in [0, 0.05) is 43.7 Å². The van der Waals surface area contributed by atoms with Crippen LogP contribution in [0.5, 0.6) is 0 Å². The second-order valence-corrected chi connectivity index (χ2v) is 20.4. The van der Waals surface area contributed by atoms with E-state index in [4.69, 9.17) is 5.26 Å². The standard InChI is InChI=1S/C29H40N4.C17H26N2.C12H15BrN2.C2H3N.CH4.4H2O/c1-8-27-26-13-11-24(19-28(26)33(7)31-27)14-17-32(6)16-9-15-29(20-30,21(2)3)25-12-10-22(4)23(5)18-25;1-13(2)17(12-18,9-6-10-19-5)16-8-7-14(3)15(4)11-16;1-3-11-10-5-4-9(6-7-13)8-12(10)15(2)14-11;1-2-3;;;;;/h10-13,18-19,21H,8-9,14-17H2,1-7H3;7-8,11,13,19H,6,9-10H2,1-5H3;4-5,8H,3,6-7H2,1-2H3;1H3;1H4;4*1H2. The highest BCUT2D eigenvalue weighted by molar-refractivity contribution is 9.09. The quantitative estimate of drug-likeness (QED) is 0.0606. The summed E-state index contributed by atoms with van der Waals surface area (Å²) in [6.07, 6.45) is 7.87. The third kappa shape index (κ3) is 19.2. The van der Waals surface area contributed by atoms with Gasteiger partial charge in [-0.25, -0.2) is 0 Å². The van der Waals surface area contributed by atoms with E-state index in [2.05, 4.69) is 198 Å². The van der Waals surface area contributed by atoms with E-state index < -0.39 is 5.41 Å². The highest BCUT2D eigenvalue weighted by Crippen LogP contribution is 2.38. The van der Waals surface area contributed by atoms with E-state index in [1.807, 2.05) is 30.5 Å². The Balaban J connectivity index is -0.00000106. The summed E-state index contributed by atoms with van der Waals surface area (Å²) >= 11 is 3.47. The third-order valence-corrected chi connectivity index (χ3v) is 14.7. The number of hydrogen-bond donors (Lipinski definition) is 1. The number of aryl methyl sites for hydroxylation is 9. The Morgan fingerprint density at radius 1 is 0.627 bits per heavy atom. The van der Waals surface area contributed by atoms with Crippen LogP contribution in [-0.2, 0) is 50.6 Å². The number of rotatable bonds is 19. The molecule has 0 amide bonds. The number of alkyl halides is 1. The first-order chi connectivity index (χ1) is 33.4. The van der Waals surface area contributed by atoms with Crippen LogP contribution >= 0.6 is 15.9 Å². The molecule has 0 aliphatic carbocycles. The first kappa shape index (κ1) is 73.8. The summed E-state index contributed by atoms with van der Waals surface area (Å²) in [5.41, 5.74) is 14.2. The van der Waals surface area contributed by atoms with Gasteiger partial charge in [0.15, 0.2) is 0 Å². The van der Waals surface area contributed by atoms with Crippen LogP contribution in [0, 0.1) is 73.5 Å². The van der Waals surface area contributed by atoms with Gasteiger partial charge in [0.2, 0.25) is 0 Å². The summed E-state index contributed by atoms with van der Waals surface area (Å²) in [6, 6.07) is 33.5. The van der Waals surface area contributed by atoms with Crippen LogP contribution in [0.4, 0.5) is 0 Å². The van der Waals surface area contributed by atoms with Gasteiger partial charge in [0.05, 0.1) is 51.5 Å². The second-order valence-electron chi connectivity index (χ2n) is 19.7. The van der Waals surface area contributed by atoms with E-state index in [0.717, 1.165) is 76.3 Å². The van der Waals surface area contributed by atoms with E-state index in [1.165, 1.54) is 84.6 Å². The van der Waals surface area contributed by atoms with Crippen LogP contribution in [0.15, 0.2) is 72.8 Å². The number of halogens is 1. The molecular formula is C61H96BrN9O4. The molecule has 2 atom stereocenters. The first-order valence-corrected chi connectivity index (χ1v) is 26.6. The van der Waals surface area contributed by atoms with E-state index in [-0.39, 0.29) is 40.7 Å². The fraction of sp³-hybridized carbons (Fsp3) is 0.525. The molecule has 0 saturated carbocycles. The first-order valence-electron chi connectivity index (χ1n) is 25.4. The minimum atomic E-state index is -0.430. The second kappa shape index (κ2) is 35.7. The monoisotopic (exact) mass is 1100 g/mol. The van der Waals surface area contributed by atoms with Crippen LogP contribution in [0.25, 0.3) is 21.8 Å². The van der Waals surface area contributed by atoms with E-state index >= 15 is 0 Å². The molecule has 2 unspecified atom stereocenters. The third-order valence-electron chi connectivity index (χ3n) is 14.3. The van der Waals surface area contributed by atoms with Gasteiger partial charge >= 0.3 is 0 Å². The zero-order valence-corrected chi connectivity index (χ0v) is 49.1. The summed E-state index contributed by atoms with van der Waals surface area (Å²) in [7, 11) is 8.19. The molecule has 9 N–H and O–H groups in total. The highest BCUT2D eigenvalue weighted by atomic mass is 79.9. The van der Waals surface area contributed by atoms with Crippen LogP contribution in [0.3, 0.4) is 0 Å². The van der Waals surface area contributed by atoms with Gasteiger partial charge < -0.3 is 32.1 Å². The molecule has 0 aliphatic rings. The smallest absolute Gasteiger partial charge is 0.0845 e.